The zero-order valence-electron chi connectivity index (χ0n) is 14.8. The highest BCUT2D eigenvalue weighted by molar-refractivity contribution is 7.99. The minimum absolute atomic E-state index is 0.00789. The van der Waals surface area contributed by atoms with Gasteiger partial charge >= 0.3 is 0 Å². The molecule has 0 spiro atoms. The number of nitrogens with one attached hydrogen (secondary N) is 1. The lowest BCUT2D eigenvalue weighted by atomic mass is 9.96. The molecule has 1 fully saturated rings. The molecule has 1 atom stereocenters. The number of carbonyl (C=O) groups excluding carboxylic acids is 1. The summed E-state index contributed by atoms with van der Waals surface area (Å²) in [5, 5.41) is 15.9. The van der Waals surface area contributed by atoms with Gasteiger partial charge in [0.2, 0.25) is 11.1 Å². The minimum atomic E-state index is 0.00789. The molecule has 1 aromatic heterocycles. The molecule has 25 heavy (non-hydrogen) atoms. The lowest BCUT2D eigenvalue weighted by molar-refractivity contribution is -0.119. The Morgan fingerprint density at radius 2 is 2.00 bits per heavy atom. The van der Waals surface area contributed by atoms with Gasteiger partial charge in [-0.05, 0) is 34.7 Å². The summed E-state index contributed by atoms with van der Waals surface area (Å²) in [6.07, 6.45) is 4.69. The molecule has 1 aliphatic carbocycles. The molecule has 1 heterocycles. The first-order chi connectivity index (χ1) is 12.1. The number of hydrogen-bond acceptors (Lipinski definition) is 5. The molecule has 0 radical (unpaired) electrons. The Labute approximate surface area is 152 Å². The van der Waals surface area contributed by atoms with Crippen molar-refractivity contribution in [1.29, 1.82) is 0 Å². The van der Waals surface area contributed by atoms with Crippen LogP contribution < -0.4 is 5.32 Å². The quantitative estimate of drug-likeness (QED) is 0.767. The third-order valence-corrected chi connectivity index (χ3v) is 5.54. The van der Waals surface area contributed by atoms with Crippen LogP contribution in [-0.2, 0) is 4.79 Å². The van der Waals surface area contributed by atoms with Crippen molar-refractivity contribution in [2.45, 2.75) is 56.8 Å². The molecule has 2 aromatic rings. The van der Waals surface area contributed by atoms with E-state index in [0.717, 1.165) is 23.6 Å². The monoisotopic (exact) mass is 359 g/mol. The Hall–Kier alpha value is -1.89. The van der Waals surface area contributed by atoms with Gasteiger partial charge in [-0.3, -0.25) is 4.79 Å². The number of nitrogens with zero attached hydrogens (tertiary/aromatic N) is 4. The maximum Gasteiger partial charge on any atom is 0.230 e. The van der Waals surface area contributed by atoms with Crippen LogP contribution in [-0.4, -0.2) is 31.9 Å². The van der Waals surface area contributed by atoms with Gasteiger partial charge in [0, 0.05) is 0 Å². The van der Waals surface area contributed by atoms with Crippen molar-refractivity contribution in [1.82, 2.24) is 25.5 Å². The van der Waals surface area contributed by atoms with E-state index in [2.05, 4.69) is 46.8 Å². The summed E-state index contributed by atoms with van der Waals surface area (Å²) >= 11 is 1.41. The molecule has 1 aromatic carbocycles. The van der Waals surface area contributed by atoms with Gasteiger partial charge in [0.15, 0.2) is 0 Å². The first-order valence-corrected chi connectivity index (χ1v) is 9.88. The number of amides is 1. The molecule has 0 aliphatic heterocycles. The average molecular weight is 359 g/mol. The maximum absolute atomic E-state index is 12.4. The molecule has 1 amide bonds. The molecule has 1 saturated carbocycles. The van der Waals surface area contributed by atoms with E-state index in [-0.39, 0.29) is 11.9 Å². The first kappa shape index (κ1) is 17.9. The van der Waals surface area contributed by atoms with E-state index in [1.165, 1.54) is 24.6 Å². The Morgan fingerprint density at radius 1 is 1.28 bits per heavy atom. The van der Waals surface area contributed by atoms with E-state index in [9.17, 15) is 4.79 Å². The highest BCUT2D eigenvalue weighted by atomic mass is 32.2. The second kappa shape index (κ2) is 8.47. The summed E-state index contributed by atoms with van der Waals surface area (Å²) in [6.45, 7) is 4.23. The van der Waals surface area contributed by atoms with Crippen LogP contribution in [0.4, 0.5) is 0 Å². The number of thioether (sulfide) groups is 1. The van der Waals surface area contributed by atoms with Crippen molar-refractivity contribution < 1.29 is 4.79 Å². The topological polar surface area (TPSA) is 72.7 Å². The van der Waals surface area contributed by atoms with Gasteiger partial charge in [0.1, 0.15) is 0 Å². The fraction of sp³-hybridized carbons (Fsp3) is 0.556. The van der Waals surface area contributed by atoms with E-state index in [4.69, 9.17) is 0 Å². The van der Waals surface area contributed by atoms with E-state index >= 15 is 0 Å². The van der Waals surface area contributed by atoms with Crippen molar-refractivity contribution in [2.24, 2.45) is 5.92 Å². The molecule has 1 unspecified atom stereocenters. The third kappa shape index (κ3) is 4.60. The number of carbonyl (C=O) groups is 1. The molecular formula is C18H25N5OS. The van der Waals surface area contributed by atoms with Gasteiger partial charge in [0.25, 0.3) is 0 Å². The van der Waals surface area contributed by atoms with Gasteiger partial charge in [0.05, 0.1) is 17.8 Å². The summed E-state index contributed by atoms with van der Waals surface area (Å²) in [5.41, 5.74) is 1.13. The summed E-state index contributed by atoms with van der Waals surface area (Å²) < 4.78 is 1.89. The van der Waals surface area contributed by atoms with Gasteiger partial charge in [-0.2, -0.15) is 0 Å². The molecule has 1 N–H and O–H groups in total. The summed E-state index contributed by atoms with van der Waals surface area (Å²) in [4.78, 5) is 12.4. The Balaban J connectivity index is 1.58. The lowest BCUT2D eigenvalue weighted by Gasteiger charge is -2.22. The van der Waals surface area contributed by atoms with Crippen LogP contribution in [0.2, 0.25) is 0 Å². The predicted octanol–water partition coefficient (Wildman–Crippen LogP) is 3.39. The van der Waals surface area contributed by atoms with Crippen LogP contribution in [0.25, 0.3) is 0 Å². The number of tetrazole rings is 1. The largest absolute Gasteiger partial charge is 0.348 e. The van der Waals surface area contributed by atoms with Crippen LogP contribution >= 0.6 is 11.8 Å². The van der Waals surface area contributed by atoms with Crippen LogP contribution in [0, 0.1) is 5.92 Å². The molecule has 3 rings (SSSR count). The zero-order chi connectivity index (χ0) is 17.6. The number of benzene rings is 1. The minimum Gasteiger partial charge on any atom is -0.348 e. The Kier molecular flexibility index (Phi) is 6.07. The van der Waals surface area contributed by atoms with Crippen LogP contribution in [0.15, 0.2) is 35.5 Å². The van der Waals surface area contributed by atoms with Crippen molar-refractivity contribution >= 4 is 17.7 Å². The molecule has 0 bridgehead atoms. The number of aromatic nitrogens is 4. The smallest absolute Gasteiger partial charge is 0.230 e. The highest BCUT2D eigenvalue weighted by Crippen LogP contribution is 2.31. The standard InChI is InChI=1S/C18H25N5OS/c1-13(2)17(14-8-4-3-5-9-14)19-16(24)12-25-18-20-21-22-23(18)15-10-6-7-11-15/h3-5,8-9,13,15,17H,6-7,10-12H2,1-2H3,(H,19,24). The average Bonchev–Trinajstić information content (AvgIpc) is 3.29. The van der Waals surface area contributed by atoms with Gasteiger partial charge in [-0.1, -0.05) is 68.8 Å². The summed E-state index contributed by atoms with van der Waals surface area (Å²) in [7, 11) is 0. The Bertz CT molecular complexity index is 682. The SMILES string of the molecule is CC(C)C(NC(=O)CSc1nnnn1C1CCCC1)c1ccccc1. The molecule has 6 nitrogen and oxygen atoms in total. The Morgan fingerprint density at radius 3 is 2.68 bits per heavy atom. The number of hydrogen-bond donors (Lipinski definition) is 1. The second-order valence-electron chi connectivity index (χ2n) is 6.83. The van der Waals surface area contributed by atoms with Gasteiger partial charge in [-0.15, -0.1) is 5.10 Å². The normalized spacial score (nSPS) is 16.3. The van der Waals surface area contributed by atoms with Gasteiger partial charge in [-0.25, -0.2) is 4.68 Å². The summed E-state index contributed by atoms with van der Waals surface area (Å²) in [5.74, 6) is 0.650. The summed E-state index contributed by atoms with van der Waals surface area (Å²) in [6, 6.07) is 10.5. The highest BCUT2D eigenvalue weighted by Gasteiger charge is 2.23. The molecular weight excluding hydrogens is 334 g/mol. The van der Waals surface area contributed by atoms with Crippen molar-refractivity contribution in [3.63, 3.8) is 0 Å². The molecule has 0 saturated heterocycles. The fourth-order valence-corrected chi connectivity index (χ4v) is 4.05. The van der Waals surface area contributed by atoms with Gasteiger partial charge < -0.3 is 5.32 Å². The fourth-order valence-electron chi connectivity index (χ4n) is 3.30. The number of rotatable bonds is 7. The maximum atomic E-state index is 12.4. The van der Waals surface area contributed by atoms with Crippen LogP contribution in [0.5, 0.6) is 0 Å². The predicted molar refractivity (Wildman–Crippen MR) is 98.2 cm³/mol. The van der Waals surface area contributed by atoms with Crippen molar-refractivity contribution in [2.75, 3.05) is 5.75 Å². The van der Waals surface area contributed by atoms with Crippen LogP contribution in [0.1, 0.15) is 57.2 Å². The first-order valence-electron chi connectivity index (χ1n) is 8.90. The lowest BCUT2D eigenvalue weighted by Crippen LogP contribution is -2.33. The third-order valence-electron chi connectivity index (χ3n) is 4.61. The molecule has 134 valence electrons. The molecule has 7 heteroatoms. The van der Waals surface area contributed by atoms with Crippen molar-refractivity contribution in [3.8, 4) is 0 Å². The van der Waals surface area contributed by atoms with E-state index in [0.29, 0.717) is 17.7 Å². The van der Waals surface area contributed by atoms with Crippen LogP contribution in [0.3, 0.4) is 0 Å². The van der Waals surface area contributed by atoms with E-state index in [1.54, 1.807) is 0 Å². The van der Waals surface area contributed by atoms with E-state index < -0.39 is 0 Å². The zero-order valence-corrected chi connectivity index (χ0v) is 15.6. The van der Waals surface area contributed by atoms with Crippen molar-refractivity contribution in [3.05, 3.63) is 35.9 Å². The molecule has 1 aliphatic rings. The second-order valence-corrected chi connectivity index (χ2v) is 7.78. The van der Waals surface area contributed by atoms with E-state index in [1.807, 2.05) is 22.9 Å².